The molecule has 1 heterocycles. The minimum absolute atomic E-state index is 0.204. The van der Waals surface area contributed by atoms with Crippen LogP contribution >= 0.6 is 0 Å². The molecule has 0 aromatic heterocycles. The predicted molar refractivity (Wildman–Crippen MR) is 121 cm³/mol. The molecule has 6 rings (SSSR count). The Labute approximate surface area is 187 Å². The second-order valence-electron chi connectivity index (χ2n) is 10.3. The minimum Gasteiger partial charge on any atom is -0.329 e. The molecule has 0 radical (unpaired) electrons. The number of rotatable bonds is 5. The lowest BCUT2D eigenvalue weighted by molar-refractivity contribution is -0.137. The Morgan fingerprint density at radius 3 is 2.23 bits per heavy atom. The Balaban J connectivity index is 1.49. The molecule has 168 valence electrons. The fraction of sp³-hybridized carbons (Fsp3) is 0.667. The summed E-state index contributed by atoms with van der Waals surface area (Å²) in [7, 11) is -1.46. The number of anilines is 1. The maximum atomic E-state index is 14.3. The number of benzene rings is 1. The summed E-state index contributed by atoms with van der Waals surface area (Å²) in [6.07, 6.45) is 8.00. The minimum atomic E-state index is -1.46. The molecule has 1 unspecified atom stereocenters. The Bertz CT molecular complexity index is 852. The maximum absolute atomic E-state index is 14.3. The number of nitrogens with zero attached hydrogens (tertiary/aromatic N) is 2. The highest BCUT2D eigenvalue weighted by Crippen LogP contribution is 2.58. The van der Waals surface area contributed by atoms with Gasteiger partial charge in [-0.1, -0.05) is 18.2 Å². The fourth-order valence-corrected chi connectivity index (χ4v) is 9.11. The molecule has 1 aromatic carbocycles. The zero-order chi connectivity index (χ0) is 21.8. The fourth-order valence-electron chi connectivity index (χ4n) is 6.99. The zero-order valence-electron chi connectivity index (χ0n) is 18.2. The van der Waals surface area contributed by atoms with Crippen LogP contribution in [0.3, 0.4) is 0 Å². The standard InChI is InChI=1S/C24H33N3O3S/c1-16(25)22(28)26-9-5-8-21(26)23(29)27(20-6-3-2-4-7-20)31(30)24-13-17-10-18(14-24)12-19(11-17)15-24/h2-4,6-7,16-19,21H,5,8-15,25H2,1H3/t16-,17?,18?,19?,21-,24?,31?/m0/s1. The molecule has 2 N–H and O–H groups in total. The van der Waals surface area contributed by atoms with Crippen molar-refractivity contribution in [3.05, 3.63) is 30.3 Å². The molecular weight excluding hydrogens is 410 g/mol. The van der Waals surface area contributed by atoms with Crippen molar-refractivity contribution >= 4 is 28.5 Å². The number of carbonyl (C=O) groups excluding carboxylic acids is 2. The Kier molecular flexibility index (Phi) is 5.45. The Morgan fingerprint density at radius 2 is 1.68 bits per heavy atom. The van der Waals surface area contributed by atoms with Gasteiger partial charge in [0.2, 0.25) is 5.91 Å². The number of para-hydroxylation sites is 1. The molecule has 5 aliphatic rings. The van der Waals surface area contributed by atoms with Crippen LogP contribution in [-0.2, 0) is 20.6 Å². The summed E-state index contributed by atoms with van der Waals surface area (Å²) >= 11 is 0. The van der Waals surface area contributed by atoms with E-state index in [0.29, 0.717) is 36.4 Å². The van der Waals surface area contributed by atoms with Crippen molar-refractivity contribution in [2.45, 2.75) is 75.1 Å². The van der Waals surface area contributed by atoms with Gasteiger partial charge in [0, 0.05) is 6.54 Å². The molecule has 6 nitrogen and oxygen atoms in total. The van der Waals surface area contributed by atoms with Crippen LogP contribution in [0.1, 0.15) is 58.3 Å². The van der Waals surface area contributed by atoms with Gasteiger partial charge in [0.15, 0.2) is 0 Å². The van der Waals surface area contributed by atoms with Gasteiger partial charge in [-0.05, 0) is 88.2 Å². The van der Waals surface area contributed by atoms with Gasteiger partial charge in [0.05, 0.1) is 16.5 Å². The first-order chi connectivity index (χ1) is 14.9. The summed E-state index contributed by atoms with van der Waals surface area (Å²) in [5.41, 5.74) is 6.52. The van der Waals surface area contributed by atoms with E-state index in [4.69, 9.17) is 5.73 Å². The number of nitrogens with two attached hydrogens (primary N) is 1. The van der Waals surface area contributed by atoms with Crippen LogP contribution in [0.25, 0.3) is 0 Å². The first-order valence-electron chi connectivity index (χ1n) is 11.7. The monoisotopic (exact) mass is 443 g/mol. The molecule has 0 spiro atoms. The van der Waals surface area contributed by atoms with Crippen molar-refractivity contribution in [3.63, 3.8) is 0 Å². The van der Waals surface area contributed by atoms with Crippen LogP contribution in [0.15, 0.2) is 30.3 Å². The molecule has 7 heteroatoms. The van der Waals surface area contributed by atoms with Crippen LogP contribution in [0, 0.1) is 17.8 Å². The quantitative estimate of drug-likeness (QED) is 0.758. The van der Waals surface area contributed by atoms with Crippen molar-refractivity contribution in [1.82, 2.24) is 4.90 Å². The molecule has 1 aliphatic heterocycles. The van der Waals surface area contributed by atoms with Gasteiger partial charge in [-0.3, -0.25) is 9.59 Å². The number of hydrogen-bond acceptors (Lipinski definition) is 4. The molecule has 1 saturated heterocycles. The molecule has 4 saturated carbocycles. The van der Waals surface area contributed by atoms with Gasteiger partial charge in [0.1, 0.15) is 17.0 Å². The lowest BCUT2D eigenvalue weighted by Crippen LogP contribution is -2.59. The van der Waals surface area contributed by atoms with Gasteiger partial charge in [-0.25, -0.2) is 8.51 Å². The summed E-state index contributed by atoms with van der Waals surface area (Å²) in [6.45, 7) is 2.19. The Morgan fingerprint density at radius 1 is 1.10 bits per heavy atom. The van der Waals surface area contributed by atoms with E-state index in [0.717, 1.165) is 25.7 Å². The van der Waals surface area contributed by atoms with Gasteiger partial charge in [-0.15, -0.1) is 0 Å². The average molecular weight is 444 g/mol. The second kappa shape index (κ2) is 8.00. The molecule has 2 amide bonds. The highest BCUT2D eigenvalue weighted by atomic mass is 32.2. The van der Waals surface area contributed by atoms with Crippen molar-refractivity contribution in [2.75, 3.05) is 10.8 Å². The third-order valence-electron chi connectivity index (χ3n) is 7.92. The van der Waals surface area contributed by atoms with Gasteiger partial charge >= 0.3 is 0 Å². The molecule has 3 atom stereocenters. The van der Waals surface area contributed by atoms with Crippen LogP contribution < -0.4 is 10.0 Å². The summed E-state index contributed by atoms with van der Waals surface area (Å²) in [6, 6.07) is 8.16. The normalized spacial score (nSPS) is 35.7. The van der Waals surface area contributed by atoms with Crippen molar-refractivity contribution in [3.8, 4) is 0 Å². The third-order valence-corrected chi connectivity index (χ3v) is 9.88. The summed E-state index contributed by atoms with van der Waals surface area (Å²) in [5.74, 6) is 1.51. The van der Waals surface area contributed by atoms with Crippen LogP contribution in [0.5, 0.6) is 0 Å². The van der Waals surface area contributed by atoms with Crippen molar-refractivity contribution < 1.29 is 13.8 Å². The zero-order valence-corrected chi connectivity index (χ0v) is 19.1. The lowest BCUT2D eigenvalue weighted by atomic mass is 9.56. The van der Waals surface area contributed by atoms with Crippen LogP contribution in [0.2, 0.25) is 0 Å². The smallest absolute Gasteiger partial charge is 0.261 e. The van der Waals surface area contributed by atoms with Crippen LogP contribution in [-0.4, -0.2) is 44.3 Å². The molecule has 5 fully saturated rings. The molecular formula is C24H33N3O3S. The summed E-state index contributed by atoms with van der Waals surface area (Å²) in [4.78, 5) is 28.2. The first-order valence-corrected chi connectivity index (χ1v) is 12.9. The largest absolute Gasteiger partial charge is 0.329 e. The first kappa shape index (κ1) is 21.1. The second-order valence-corrected chi connectivity index (χ2v) is 12.0. The number of carbonyl (C=O) groups is 2. The van der Waals surface area contributed by atoms with Gasteiger partial charge < -0.3 is 10.6 Å². The van der Waals surface area contributed by atoms with Crippen molar-refractivity contribution in [2.24, 2.45) is 23.5 Å². The molecule has 4 aliphatic carbocycles. The topological polar surface area (TPSA) is 83.7 Å². The van der Waals surface area contributed by atoms with E-state index < -0.39 is 23.1 Å². The maximum Gasteiger partial charge on any atom is 0.261 e. The van der Waals surface area contributed by atoms with E-state index in [-0.39, 0.29) is 16.6 Å². The van der Waals surface area contributed by atoms with Crippen molar-refractivity contribution in [1.29, 1.82) is 0 Å². The number of amides is 2. The van der Waals surface area contributed by atoms with Gasteiger partial charge in [0.25, 0.3) is 5.91 Å². The van der Waals surface area contributed by atoms with Gasteiger partial charge in [-0.2, -0.15) is 0 Å². The predicted octanol–water partition coefficient (Wildman–Crippen LogP) is 2.99. The summed E-state index contributed by atoms with van der Waals surface area (Å²) in [5, 5.41) is 0. The third kappa shape index (κ3) is 3.63. The highest BCUT2D eigenvalue weighted by Gasteiger charge is 2.56. The SMILES string of the molecule is C[C@H](N)C(=O)N1CCC[C@H]1C(=O)N(c1ccccc1)S(=O)C12CC3CC(CC(C3)C1)C2. The Hall–Kier alpha value is -1.73. The van der Waals surface area contributed by atoms with E-state index >= 15 is 0 Å². The van der Waals surface area contributed by atoms with E-state index in [1.807, 2.05) is 30.3 Å². The lowest BCUT2D eigenvalue weighted by Gasteiger charge is -2.56. The summed E-state index contributed by atoms with van der Waals surface area (Å²) < 4.78 is 15.5. The average Bonchev–Trinajstić information content (AvgIpc) is 3.23. The molecule has 1 aromatic rings. The number of likely N-dealkylation sites (tertiary alicyclic amines) is 1. The van der Waals surface area contributed by atoms with E-state index in [1.165, 1.54) is 19.3 Å². The van der Waals surface area contributed by atoms with Crippen LogP contribution in [0.4, 0.5) is 5.69 Å². The highest BCUT2D eigenvalue weighted by molar-refractivity contribution is 7.88. The van der Waals surface area contributed by atoms with E-state index in [9.17, 15) is 13.8 Å². The molecule has 31 heavy (non-hydrogen) atoms. The molecule has 4 bridgehead atoms. The number of hydrogen-bond donors (Lipinski definition) is 1. The van der Waals surface area contributed by atoms with E-state index in [1.54, 1.807) is 16.1 Å². The van der Waals surface area contributed by atoms with E-state index in [2.05, 4.69) is 0 Å².